The highest BCUT2D eigenvalue weighted by molar-refractivity contribution is 5.81. The van der Waals surface area contributed by atoms with Crippen molar-refractivity contribution in [1.82, 2.24) is 0 Å². The average Bonchev–Trinajstić information content (AvgIpc) is 2.30. The zero-order valence-electron chi connectivity index (χ0n) is 10.9. The van der Waals surface area contributed by atoms with E-state index in [9.17, 15) is 9.59 Å². The van der Waals surface area contributed by atoms with E-state index in [1.165, 1.54) is 25.3 Å². The Morgan fingerprint density at radius 3 is 2.06 bits per heavy atom. The van der Waals surface area contributed by atoms with E-state index in [-0.39, 0.29) is 11.8 Å². The van der Waals surface area contributed by atoms with Crippen molar-refractivity contribution < 1.29 is 14.3 Å². The van der Waals surface area contributed by atoms with Crippen LogP contribution in [0.25, 0.3) is 0 Å². The summed E-state index contributed by atoms with van der Waals surface area (Å²) in [5, 5.41) is 0. The predicted octanol–water partition coefficient (Wildman–Crippen LogP) is 3.43. The Balaban J connectivity index is 3.06. The van der Waals surface area contributed by atoms with Crippen LogP contribution in [0.1, 0.15) is 58.3 Å². The molecule has 0 aromatic carbocycles. The maximum Gasteiger partial charge on any atom is 0.330 e. The topological polar surface area (TPSA) is 43.4 Å². The number of carbonyl (C=O) groups excluding carboxylic acids is 2. The van der Waals surface area contributed by atoms with Crippen LogP contribution in [0, 0.1) is 0 Å². The molecular formula is C14H24O3. The molecule has 3 nitrogen and oxygen atoms in total. The maximum absolute atomic E-state index is 10.7. The smallest absolute Gasteiger partial charge is 0.330 e. The maximum atomic E-state index is 10.7. The van der Waals surface area contributed by atoms with Gasteiger partial charge in [0.25, 0.3) is 0 Å². The van der Waals surface area contributed by atoms with Crippen molar-refractivity contribution >= 4 is 11.8 Å². The van der Waals surface area contributed by atoms with Gasteiger partial charge in [0.15, 0.2) is 0 Å². The third-order valence-electron chi connectivity index (χ3n) is 2.58. The Morgan fingerprint density at radius 2 is 1.53 bits per heavy atom. The highest BCUT2D eigenvalue weighted by Crippen LogP contribution is 2.08. The number of ether oxygens (including phenoxy) is 1. The number of esters is 1. The molecule has 0 bridgehead atoms. The lowest BCUT2D eigenvalue weighted by molar-refractivity contribution is -0.137. The van der Waals surface area contributed by atoms with Crippen LogP contribution in [-0.4, -0.2) is 18.4 Å². The summed E-state index contributed by atoms with van der Waals surface area (Å²) < 4.78 is 4.87. The van der Waals surface area contributed by atoms with Gasteiger partial charge in [-0.1, -0.05) is 38.7 Å². The number of unbranched alkanes of at least 4 members (excludes halogenated alkanes) is 6. The minimum atomic E-state index is -0.339. The molecule has 0 heterocycles. The molecule has 0 saturated heterocycles. The SMILES string of the molecule is C=CC(=O)OCCCCCCCCCC(C)=O. The van der Waals surface area contributed by atoms with Crippen LogP contribution < -0.4 is 0 Å². The van der Waals surface area contributed by atoms with Crippen molar-refractivity contribution in [2.24, 2.45) is 0 Å². The van der Waals surface area contributed by atoms with Gasteiger partial charge in [-0.05, 0) is 19.8 Å². The van der Waals surface area contributed by atoms with Gasteiger partial charge in [0.2, 0.25) is 0 Å². The molecule has 0 spiro atoms. The minimum Gasteiger partial charge on any atom is -0.463 e. The Kier molecular flexibility index (Phi) is 10.6. The minimum absolute atomic E-state index is 0.286. The van der Waals surface area contributed by atoms with Gasteiger partial charge >= 0.3 is 5.97 Å². The first-order valence-corrected chi connectivity index (χ1v) is 6.45. The van der Waals surface area contributed by atoms with E-state index in [4.69, 9.17) is 4.74 Å². The molecule has 0 fully saturated rings. The lowest BCUT2D eigenvalue weighted by Crippen LogP contribution is -2.01. The van der Waals surface area contributed by atoms with Gasteiger partial charge in [-0.25, -0.2) is 4.79 Å². The number of carbonyl (C=O) groups is 2. The molecule has 0 aliphatic heterocycles. The summed E-state index contributed by atoms with van der Waals surface area (Å²) in [4.78, 5) is 21.4. The molecule has 0 amide bonds. The Labute approximate surface area is 104 Å². The molecule has 0 aliphatic carbocycles. The van der Waals surface area contributed by atoms with Crippen molar-refractivity contribution in [3.8, 4) is 0 Å². The zero-order chi connectivity index (χ0) is 12.9. The van der Waals surface area contributed by atoms with Crippen molar-refractivity contribution in [2.75, 3.05) is 6.61 Å². The predicted molar refractivity (Wildman–Crippen MR) is 68.8 cm³/mol. The van der Waals surface area contributed by atoms with Crippen LogP contribution in [-0.2, 0) is 14.3 Å². The summed E-state index contributed by atoms with van der Waals surface area (Å²) in [5.41, 5.74) is 0. The molecule has 0 radical (unpaired) electrons. The van der Waals surface area contributed by atoms with Gasteiger partial charge in [-0.15, -0.1) is 0 Å². The van der Waals surface area contributed by atoms with Crippen LogP contribution >= 0.6 is 0 Å². The average molecular weight is 240 g/mol. The molecule has 17 heavy (non-hydrogen) atoms. The molecule has 0 aromatic heterocycles. The monoisotopic (exact) mass is 240 g/mol. The fourth-order valence-electron chi connectivity index (χ4n) is 1.59. The van der Waals surface area contributed by atoms with Crippen LogP contribution in [0.15, 0.2) is 12.7 Å². The lowest BCUT2D eigenvalue weighted by Gasteiger charge is -2.02. The van der Waals surface area contributed by atoms with Crippen molar-refractivity contribution in [3.05, 3.63) is 12.7 Å². The second-order valence-electron chi connectivity index (χ2n) is 4.30. The van der Waals surface area contributed by atoms with Gasteiger partial charge in [-0.2, -0.15) is 0 Å². The van der Waals surface area contributed by atoms with E-state index < -0.39 is 0 Å². The molecule has 3 heteroatoms. The first-order chi connectivity index (χ1) is 8.16. The second-order valence-corrected chi connectivity index (χ2v) is 4.30. The molecule has 98 valence electrons. The Hall–Kier alpha value is -1.12. The van der Waals surface area contributed by atoms with E-state index in [1.54, 1.807) is 6.92 Å². The van der Waals surface area contributed by atoms with Crippen LogP contribution in [0.3, 0.4) is 0 Å². The molecular weight excluding hydrogens is 216 g/mol. The summed E-state index contributed by atoms with van der Waals surface area (Å²) in [6, 6.07) is 0. The fraction of sp³-hybridized carbons (Fsp3) is 0.714. The summed E-state index contributed by atoms with van der Waals surface area (Å²) in [6.07, 6.45) is 9.66. The largest absolute Gasteiger partial charge is 0.463 e. The molecule has 0 unspecified atom stereocenters. The number of Topliss-reactive ketones (excluding diaryl/α,β-unsaturated/α-hetero) is 1. The van der Waals surface area contributed by atoms with Crippen molar-refractivity contribution in [3.63, 3.8) is 0 Å². The molecule has 0 aliphatic rings. The van der Waals surface area contributed by atoms with Crippen LogP contribution in [0.2, 0.25) is 0 Å². The highest BCUT2D eigenvalue weighted by atomic mass is 16.5. The molecule has 0 atom stereocenters. The molecule has 0 N–H and O–H groups in total. The van der Waals surface area contributed by atoms with Crippen LogP contribution in [0.4, 0.5) is 0 Å². The standard InChI is InChI=1S/C14H24O3/c1-3-14(16)17-12-10-8-6-4-5-7-9-11-13(2)15/h3H,1,4-12H2,2H3. The molecule has 0 aromatic rings. The number of rotatable bonds is 11. The first kappa shape index (κ1) is 15.9. The number of ketones is 1. The normalized spacial score (nSPS) is 9.94. The second kappa shape index (κ2) is 11.4. The van der Waals surface area contributed by atoms with E-state index >= 15 is 0 Å². The fourth-order valence-corrected chi connectivity index (χ4v) is 1.59. The summed E-state index contributed by atoms with van der Waals surface area (Å²) in [7, 11) is 0. The third kappa shape index (κ3) is 12.8. The molecule has 0 saturated carbocycles. The first-order valence-electron chi connectivity index (χ1n) is 6.45. The number of hydrogen-bond acceptors (Lipinski definition) is 3. The van der Waals surface area contributed by atoms with Gasteiger partial charge in [0.05, 0.1) is 6.61 Å². The lowest BCUT2D eigenvalue weighted by atomic mass is 10.1. The van der Waals surface area contributed by atoms with Crippen molar-refractivity contribution in [2.45, 2.75) is 58.3 Å². The molecule has 0 rings (SSSR count). The van der Waals surface area contributed by atoms with E-state index in [0.717, 1.165) is 32.1 Å². The quantitative estimate of drug-likeness (QED) is 0.316. The number of hydrogen-bond donors (Lipinski definition) is 0. The van der Waals surface area contributed by atoms with E-state index in [1.807, 2.05) is 0 Å². The summed E-state index contributed by atoms with van der Waals surface area (Å²) in [6.45, 7) is 5.47. The van der Waals surface area contributed by atoms with Gasteiger partial charge in [0, 0.05) is 12.5 Å². The third-order valence-corrected chi connectivity index (χ3v) is 2.58. The highest BCUT2D eigenvalue weighted by Gasteiger charge is 1.96. The zero-order valence-corrected chi connectivity index (χ0v) is 10.9. The van der Waals surface area contributed by atoms with Gasteiger partial charge < -0.3 is 9.53 Å². The summed E-state index contributed by atoms with van der Waals surface area (Å²) in [5.74, 6) is -0.0525. The Morgan fingerprint density at radius 1 is 1.00 bits per heavy atom. The van der Waals surface area contributed by atoms with Gasteiger partial charge in [0.1, 0.15) is 5.78 Å². The van der Waals surface area contributed by atoms with E-state index in [0.29, 0.717) is 6.61 Å². The van der Waals surface area contributed by atoms with E-state index in [2.05, 4.69) is 6.58 Å². The van der Waals surface area contributed by atoms with Gasteiger partial charge in [-0.3, -0.25) is 0 Å². The Bertz CT molecular complexity index is 234. The summed E-state index contributed by atoms with van der Waals surface area (Å²) >= 11 is 0. The van der Waals surface area contributed by atoms with Crippen LogP contribution in [0.5, 0.6) is 0 Å². The van der Waals surface area contributed by atoms with Crippen molar-refractivity contribution in [1.29, 1.82) is 0 Å².